The number of aromatic nitrogens is 8. The third-order valence-electron chi connectivity index (χ3n) is 5.95. The van der Waals surface area contributed by atoms with Crippen LogP contribution in [0, 0.1) is 10.5 Å². The van der Waals surface area contributed by atoms with Crippen LogP contribution in [0.4, 0.5) is 0 Å². The van der Waals surface area contributed by atoms with Crippen LogP contribution in [0.2, 0.25) is 0 Å². The van der Waals surface area contributed by atoms with Gasteiger partial charge in [-0.3, -0.25) is 9.78 Å². The van der Waals surface area contributed by atoms with Crippen molar-refractivity contribution in [3.8, 4) is 21.3 Å². The molecule has 0 radical (unpaired) electrons. The predicted molar refractivity (Wildman–Crippen MR) is 152 cm³/mol. The van der Waals surface area contributed by atoms with Crippen LogP contribution >= 0.6 is 33.9 Å². The Morgan fingerprint density at radius 3 is 2.79 bits per heavy atom. The normalized spacial score (nSPS) is 11.2. The van der Waals surface area contributed by atoms with E-state index in [0.29, 0.717) is 18.8 Å². The average Bonchev–Trinajstić information content (AvgIpc) is 3.67. The number of H-pyrrole nitrogens is 1. The van der Waals surface area contributed by atoms with Gasteiger partial charge in [-0.2, -0.15) is 5.10 Å². The number of carbonyl (C=O) groups is 1. The number of fused-ring (bicyclic) bond motifs is 1. The van der Waals surface area contributed by atoms with E-state index in [1.165, 1.54) is 27.7 Å². The number of nitrogens with zero attached hydrogens (tertiary/aromatic N) is 7. The maximum atomic E-state index is 12.4. The first-order valence-corrected chi connectivity index (χ1v) is 13.6. The van der Waals surface area contributed by atoms with E-state index < -0.39 is 0 Å². The monoisotopic (exact) mass is 633 g/mol. The minimum atomic E-state index is -0.278. The maximum absolute atomic E-state index is 12.4. The second kappa shape index (κ2) is 10.4. The van der Waals surface area contributed by atoms with Crippen molar-refractivity contribution in [2.45, 2.75) is 19.9 Å². The number of rotatable bonds is 7. The number of hydrogen-bond donors (Lipinski definition) is 2. The molecule has 1 aromatic carbocycles. The lowest BCUT2D eigenvalue weighted by atomic mass is 10.1. The van der Waals surface area contributed by atoms with Crippen LogP contribution in [-0.4, -0.2) is 45.7 Å². The fourth-order valence-electron chi connectivity index (χ4n) is 4.15. The molecular formula is C26H20IN9OS. The molecule has 6 aromatic rings. The largest absolute Gasteiger partial charge is 0.347 e. The van der Waals surface area contributed by atoms with E-state index in [9.17, 15) is 4.79 Å². The van der Waals surface area contributed by atoms with E-state index in [2.05, 4.69) is 77.3 Å². The van der Waals surface area contributed by atoms with Crippen molar-refractivity contribution < 1.29 is 4.79 Å². The Balaban J connectivity index is 1.35. The van der Waals surface area contributed by atoms with Crippen molar-refractivity contribution in [1.82, 2.24) is 45.1 Å². The Bertz CT molecular complexity index is 1730. The molecule has 1 amide bonds. The van der Waals surface area contributed by atoms with Gasteiger partial charge in [0.05, 0.1) is 33.5 Å². The van der Waals surface area contributed by atoms with Gasteiger partial charge in [-0.05, 0) is 64.9 Å². The Hall–Kier alpha value is -4.04. The van der Waals surface area contributed by atoms with E-state index in [1.807, 2.05) is 29.8 Å². The van der Waals surface area contributed by atoms with Crippen molar-refractivity contribution in [2.24, 2.45) is 0 Å². The second-order valence-electron chi connectivity index (χ2n) is 8.53. The van der Waals surface area contributed by atoms with Crippen LogP contribution in [0.25, 0.3) is 26.8 Å². The molecule has 0 atom stereocenters. The van der Waals surface area contributed by atoms with Gasteiger partial charge >= 0.3 is 0 Å². The minimum absolute atomic E-state index is 0.276. The topological polar surface area (TPSA) is 127 Å². The van der Waals surface area contributed by atoms with Crippen molar-refractivity contribution >= 4 is 45.4 Å². The van der Waals surface area contributed by atoms with Gasteiger partial charge in [-0.1, -0.05) is 12.1 Å². The highest BCUT2D eigenvalue weighted by Crippen LogP contribution is 2.38. The third kappa shape index (κ3) is 4.91. The van der Waals surface area contributed by atoms with E-state index in [-0.39, 0.29) is 11.6 Å². The van der Waals surface area contributed by atoms with Crippen LogP contribution in [0.1, 0.15) is 33.0 Å². The summed E-state index contributed by atoms with van der Waals surface area (Å²) < 4.78 is 3.03. The van der Waals surface area contributed by atoms with E-state index in [1.54, 1.807) is 17.7 Å². The Kier molecular flexibility index (Phi) is 6.64. The number of hydrogen-bond acceptors (Lipinski definition) is 8. The van der Waals surface area contributed by atoms with Gasteiger partial charge in [0.1, 0.15) is 17.0 Å². The lowest BCUT2D eigenvalue weighted by molar-refractivity contribution is 0.0945. The van der Waals surface area contributed by atoms with Crippen LogP contribution in [0.15, 0.2) is 67.5 Å². The zero-order valence-corrected chi connectivity index (χ0v) is 23.1. The highest BCUT2D eigenvalue weighted by molar-refractivity contribution is 14.1. The molecule has 0 spiro atoms. The highest BCUT2D eigenvalue weighted by atomic mass is 127. The summed E-state index contributed by atoms with van der Waals surface area (Å²) in [6.45, 7) is 2.32. The predicted octanol–water partition coefficient (Wildman–Crippen LogP) is 4.47. The lowest BCUT2D eigenvalue weighted by Gasteiger charge is -2.05. The molecule has 0 aliphatic heterocycles. The maximum Gasteiger partial charge on any atom is 0.271 e. The van der Waals surface area contributed by atoms with E-state index >= 15 is 0 Å². The number of pyridine rings is 1. The summed E-state index contributed by atoms with van der Waals surface area (Å²) in [6.07, 6.45) is 8.61. The number of aromatic amines is 1. The molecule has 0 aliphatic carbocycles. The van der Waals surface area contributed by atoms with Crippen LogP contribution in [-0.2, 0) is 13.0 Å². The number of carbonyl (C=O) groups excluding carboxylic acids is 1. The fourth-order valence-corrected chi connectivity index (χ4v) is 5.64. The molecule has 38 heavy (non-hydrogen) atoms. The minimum Gasteiger partial charge on any atom is -0.347 e. The number of benzene rings is 1. The third-order valence-corrected chi connectivity index (χ3v) is 7.79. The molecule has 0 unspecified atom stereocenters. The molecule has 10 nitrogen and oxygen atoms in total. The summed E-state index contributed by atoms with van der Waals surface area (Å²) in [7, 11) is 0. The van der Waals surface area contributed by atoms with Gasteiger partial charge in [0.15, 0.2) is 5.82 Å². The summed E-state index contributed by atoms with van der Waals surface area (Å²) in [4.78, 5) is 29.6. The van der Waals surface area contributed by atoms with Gasteiger partial charge in [0, 0.05) is 35.1 Å². The summed E-state index contributed by atoms with van der Waals surface area (Å²) in [6, 6.07) is 12.4. The molecule has 5 aromatic heterocycles. The molecule has 0 aliphatic rings. The molecule has 0 saturated carbocycles. The number of amides is 1. The quantitative estimate of drug-likeness (QED) is 0.249. The summed E-state index contributed by atoms with van der Waals surface area (Å²) in [5, 5.41) is 16.7. The van der Waals surface area contributed by atoms with Crippen LogP contribution < -0.4 is 5.32 Å². The van der Waals surface area contributed by atoms with Gasteiger partial charge in [-0.25, -0.2) is 14.5 Å². The summed E-state index contributed by atoms with van der Waals surface area (Å²) in [5.74, 6) is 0.413. The van der Waals surface area contributed by atoms with E-state index in [0.717, 1.165) is 37.9 Å². The lowest BCUT2D eigenvalue weighted by Crippen LogP contribution is -2.23. The molecule has 6 rings (SSSR count). The summed E-state index contributed by atoms with van der Waals surface area (Å²) >= 11 is 3.87. The van der Waals surface area contributed by atoms with E-state index in [4.69, 9.17) is 10.1 Å². The smallest absolute Gasteiger partial charge is 0.271 e. The van der Waals surface area contributed by atoms with Crippen molar-refractivity contribution in [3.05, 3.63) is 99.3 Å². The SMILES string of the molecule is Cc1nn2ccc(CNC(=O)c3cnccn3)cc2c1-c1nc(Cc2ccc(I)cc2)c(-c2nnc[nH]2)s1. The first-order chi connectivity index (χ1) is 18.5. The first-order valence-electron chi connectivity index (χ1n) is 11.7. The first kappa shape index (κ1) is 24.3. The van der Waals surface area contributed by atoms with Crippen LogP contribution in [0.5, 0.6) is 0 Å². The van der Waals surface area contributed by atoms with Gasteiger partial charge in [-0.15, -0.1) is 21.5 Å². The molecule has 5 heterocycles. The van der Waals surface area contributed by atoms with Gasteiger partial charge < -0.3 is 10.3 Å². The van der Waals surface area contributed by atoms with Gasteiger partial charge in [0.25, 0.3) is 5.91 Å². The number of halogens is 1. The molecule has 0 fully saturated rings. The Labute approximate surface area is 234 Å². The molecule has 0 saturated heterocycles. The Morgan fingerprint density at radius 1 is 1.16 bits per heavy atom. The van der Waals surface area contributed by atoms with Crippen molar-refractivity contribution in [2.75, 3.05) is 0 Å². The van der Waals surface area contributed by atoms with Gasteiger partial charge in [0.2, 0.25) is 0 Å². The van der Waals surface area contributed by atoms with Crippen molar-refractivity contribution in [3.63, 3.8) is 0 Å². The number of thiazole rings is 1. The molecule has 2 N–H and O–H groups in total. The highest BCUT2D eigenvalue weighted by Gasteiger charge is 2.21. The van der Waals surface area contributed by atoms with Crippen LogP contribution in [0.3, 0.4) is 0 Å². The number of aryl methyl sites for hydroxylation is 1. The molecule has 188 valence electrons. The second-order valence-corrected chi connectivity index (χ2v) is 10.8. The molecule has 12 heteroatoms. The standard InChI is InChI=1S/C26H20IN9OS/c1-15-22(21-11-17(6-9-36(21)35-15)12-30-25(37)20-13-28-7-8-29-20)26-33-19(10-16-2-4-18(27)5-3-16)23(38-26)24-31-14-32-34-24/h2-9,11,13-14H,10,12H2,1H3,(H,30,37)(H,31,32,34). The van der Waals surface area contributed by atoms with Crippen molar-refractivity contribution in [1.29, 1.82) is 0 Å². The average molecular weight is 633 g/mol. The zero-order valence-electron chi connectivity index (χ0n) is 20.1. The summed E-state index contributed by atoms with van der Waals surface area (Å²) in [5.41, 5.74) is 6.03. The Morgan fingerprint density at radius 2 is 2.03 bits per heavy atom. The number of nitrogens with one attached hydrogen (secondary N) is 2. The molecule has 0 bridgehead atoms. The zero-order chi connectivity index (χ0) is 26.1. The fraction of sp³-hybridized carbons (Fsp3) is 0.115. The molecular weight excluding hydrogens is 613 g/mol.